The number of aliphatic carboxylic acids is 1. The molecule has 0 saturated carbocycles. The van der Waals surface area contributed by atoms with Crippen molar-refractivity contribution in [2.75, 3.05) is 0 Å². The van der Waals surface area contributed by atoms with E-state index in [1.54, 1.807) is 0 Å². The Bertz CT molecular complexity index is 498. The maximum Gasteiger partial charge on any atom is 0.327 e. The first-order valence-electron chi connectivity index (χ1n) is 4.55. The van der Waals surface area contributed by atoms with Crippen molar-refractivity contribution in [1.82, 2.24) is 10.2 Å². The van der Waals surface area contributed by atoms with Crippen LogP contribution in [0.15, 0.2) is 30.3 Å². The van der Waals surface area contributed by atoms with Crippen LogP contribution in [0, 0.1) is 0 Å². The van der Waals surface area contributed by atoms with Gasteiger partial charge in [-0.1, -0.05) is 41.7 Å². The van der Waals surface area contributed by atoms with E-state index in [4.69, 9.17) is 10.8 Å². The first kappa shape index (κ1) is 10.7. The second-order valence-corrected chi connectivity index (χ2v) is 4.14. The molecule has 0 aliphatic rings. The Labute approximate surface area is 95.6 Å². The Balaban J connectivity index is 2.30. The highest BCUT2D eigenvalue weighted by Gasteiger charge is 2.19. The van der Waals surface area contributed by atoms with E-state index in [9.17, 15) is 4.79 Å². The van der Waals surface area contributed by atoms with Gasteiger partial charge in [0.05, 0.1) is 0 Å². The van der Waals surface area contributed by atoms with E-state index in [0.29, 0.717) is 10.0 Å². The average molecular weight is 235 g/mol. The third-order valence-electron chi connectivity index (χ3n) is 1.99. The monoisotopic (exact) mass is 235 g/mol. The lowest BCUT2D eigenvalue weighted by atomic mass is 10.2. The fourth-order valence-electron chi connectivity index (χ4n) is 1.16. The standard InChI is InChI=1S/C10H9N3O2S/c11-7(10(14)15)9-13-12-8(16-9)6-4-2-1-3-5-6/h1-5,7H,11H2,(H,14,15). The summed E-state index contributed by atoms with van der Waals surface area (Å²) in [6.07, 6.45) is 0. The van der Waals surface area contributed by atoms with Gasteiger partial charge in [-0.05, 0) is 0 Å². The molecule has 2 rings (SSSR count). The molecule has 5 nitrogen and oxygen atoms in total. The lowest BCUT2D eigenvalue weighted by Crippen LogP contribution is -2.20. The van der Waals surface area contributed by atoms with Crippen LogP contribution in [0.25, 0.3) is 10.6 Å². The van der Waals surface area contributed by atoms with Crippen molar-refractivity contribution in [3.8, 4) is 10.6 Å². The maximum absolute atomic E-state index is 10.7. The lowest BCUT2D eigenvalue weighted by molar-refractivity contribution is -0.138. The summed E-state index contributed by atoms with van der Waals surface area (Å²) < 4.78 is 0. The van der Waals surface area contributed by atoms with Crippen LogP contribution in [0.4, 0.5) is 0 Å². The van der Waals surface area contributed by atoms with Gasteiger partial charge in [0.15, 0.2) is 6.04 Å². The Morgan fingerprint density at radius 2 is 2.00 bits per heavy atom. The van der Waals surface area contributed by atoms with Crippen LogP contribution in [0.2, 0.25) is 0 Å². The van der Waals surface area contributed by atoms with Crippen molar-refractivity contribution in [2.45, 2.75) is 6.04 Å². The number of hydrogen-bond acceptors (Lipinski definition) is 5. The van der Waals surface area contributed by atoms with Crippen molar-refractivity contribution in [2.24, 2.45) is 5.73 Å². The van der Waals surface area contributed by atoms with Crippen LogP contribution < -0.4 is 5.73 Å². The molecule has 0 bridgehead atoms. The zero-order valence-corrected chi connectivity index (χ0v) is 9.02. The first-order chi connectivity index (χ1) is 7.68. The number of benzene rings is 1. The van der Waals surface area contributed by atoms with E-state index in [1.165, 1.54) is 11.3 Å². The van der Waals surface area contributed by atoms with Crippen LogP contribution >= 0.6 is 11.3 Å². The zero-order chi connectivity index (χ0) is 11.5. The summed E-state index contributed by atoms with van der Waals surface area (Å²) in [6, 6.07) is 8.33. The number of carboxylic acid groups (broad SMARTS) is 1. The molecular formula is C10H9N3O2S. The number of rotatable bonds is 3. The Kier molecular flexibility index (Phi) is 2.93. The molecule has 0 saturated heterocycles. The third kappa shape index (κ3) is 2.07. The number of hydrogen-bond donors (Lipinski definition) is 2. The van der Waals surface area contributed by atoms with Crippen molar-refractivity contribution in [3.05, 3.63) is 35.3 Å². The molecule has 0 fully saturated rings. The quantitative estimate of drug-likeness (QED) is 0.836. The molecule has 6 heteroatoms. The molecule has 1 aromatic carbocycles. The van der Waals surface area contributed by atoms with Gasteiger partial charge < -0.3 is 10.8 Å². The van der Waals surface area contributed by atoms with Crippen LogP contribution in [0.5, 0.6) is 0 Å². The highest BCUT2D eigenvalue weighted by molar-refractivity contribution is 7.14. The van der Waals surface area contributed by atoms with Crippen LogP contribution in [0.1, 0.15) is 11.0 Å². The molecule has 1 unspecified atom stereocenters. The van der Waals surface area contributed by atoms with Gasteiger partial charge in [-0.3, -0.25) is 4.79 Å². The van der Waals surface area contributed by atoms with Gasteiger partial charge in [-0.25, -0.2) is 0 Å². The molecule has 2 aromatic rings. The Morgan fingerprint density at radius 3 is 2.62 bits per heavy atom. The highest BCUT2D eigenvalue weighted by Crippen LogP contribution is 2.25. The van der Waals surface area contributed by atoms with E-state index in [0.717, 1.165) is 5.56 Å². The molecule has 0 spiro atoms. The van der Waals surface area contributed by atoms with Crippen molar-refractivity contribution in [1.29, 1.82) is 0 Å². The number of carbonyl (C=O) groups is 1. The summed E-state index contributed by atoms with van der Waals surface area (Å²) in [6.45, 7) is 0. The van der Waals surface area contributed by atoms with Gasteiger partial charge in [0.1, 0.15) is 10.0 Å². The van der Waals surface area contributed by atoms with Crippen molar-refractivity contribution >= 4 is 17.3 Å². The van der Waals surface area contributed by atoms with Gasteiger partial charge in [-0.15, -0.1) is 10.2 Å². The highest BCUT2D eigenvalue weighted by atomic mass is 32.1. The molecule has 0 radical (unpaired) electrons. The normalized spacial score (nSPS) is 12.3. The second-order valence-electron chi connectivity index (χ2n) is 3.13. The topological polar surface area (TPSA) is 89.1 Å². The summed E-state index contributed by atoms with van der Waals surface area (Å²) in [5.41, 5.74) is 6.34. The summed E-state index contributed by atoms with van der Waals surface area (Å²) >= 11 is 1.19. The van der Waals surface area contributed by atoms with Crippen LogP contribution in [-0.2, 0) is 4.79 Å². The molecule has 0 aliphatic heterocycles. The average Bonchev–Trinajstić information content (AvgIpc) is 2.78. The SMILES string of the molecule is NC(C(=O)O)c1nnc(-c2ccccc2)s1. The minimum atomic E-state index is -1.10. The molecule has 1 heterocycles. The molecular weight excluding hydrogens is 226 g/mol. The number of carboxylic acids is 1. The summed E-state index contributed by atoms with van der Waals surface area (Å²) in [7, 11) is 0. The predicted molar refractivity (Wildman–Crippen MR) is 59.9 cm³/mol. The van der Waals surface area contributed by atoms with Crippen molar-refractivity contribution in [3.63, 3.8) is 0 Å². The number of nitrogens with zero attached hydrogens (tertiary/aromatic N) is 2. The first-order valence-corrected chi connectivity index (χ1v) is 5.37. The van der Waals surface area contributed by atoms with Gasteiger partial charge in [0, 0.05) is 5.56 Å². The molecule has 82 valence electrons. The molecule has 16 heavy (non-hydrogen) atoms. The van der Waals surface area contributed by atoms with E-state index in [2.05, 4.69) is 10.2 Å². The van der Waals surface area contributed by atoms with E-state index in [1.807, 2.05) is 30.3 Å². The predicted octanol–water partition coefficient (Wildman–Crippen LogP) is 1.29. The summed E-state index contributed by atoms with van der Waals surface area (Å²) in [5.74, 6) is -1.10. The van der Waals surface area contributed by atoms with Crippen molar-refractivity contribution < 1.29 is 9.90 Å². The van der Waals surface area contributed by atoms with E-state index < -0.39 is 12.0 Å². The van der Waals surface area contributed by atoms with Crippen LogP contribution in [0.3, 0.4) is 0 Å². The number of aromatic nitrogens is 2. The fourth-order valence-corrected chi connectivity index (χ4v) is 2.01. The van der Waals surface area contributed by atoms with Gasteiger partial charge >= 0.3 is 5.97 Å². The van der Waals surface area contributed by atoms with E-state index in [-0.39, 0.29) is 0 Å². The van der Waals surface area contributed by atoms with Crippen LogP contribution in [-0.4, -0.2) is 21.3 Å². The second kappa shape index (κ2) is 4.38. The van der Waals surface area contributed by atoms with E-state index >= 15 is 0 Å². The molecule has 0 aliphatic carbocycles. The fraction of sp³-hybridized carbons (Fsp3) is 0.100. The summed E-state index contributed by atoms with van der Waals surface area (Å²) in [4.78, 5) is 10.7. The number of nitrogens with two attached hydrogens (primary N) is 1. The third-order valence-corrected chi connectivity index (χ3v) is 3.05. The Hall–Kier alpha value is -1.79. The molecule has 1 aromatic heterocycles. The van der Waals surface area contributed by atoms with Gasteiger partial charge in [0.25, 0.3) is 0 Å². The maximum atomic E-state index is 10.7. The lowest BCUT2D eigenvalue weighted by Gasteiger charge is -1.98. The smallest absolute Gasteiger partial charge is 0.327 e. The Morgan fingerprint density at radius 1 is 1.31 bits per heavy atom. The largest absolute Gasteiger partial charge is 0.480 e. The molecule has 3 N–H and O–H groups in total. The molecule has 1 atom stereocenters. The minimum absolute atomic E-state index is 0.311. The summed E-state index contributed by atoms with van der Waals surface area (Å²) in [5, 5.41) is 17.4. The minimum Gasteiger partial charge on any atom is -0.480 e. The zero-order valence-electron chi connectivity index (χ0n) is 8.20. The van der Waals surface area contributed by atoms with Gasteiger partial charge in [0.2, 0.25) is 0 Å². The van der Waals surface area contributed by atoms with Gasteiger partial charge in [-0.2, -0.15) is 0 Å². The molecule has 0 amide bonds.